The van der Waals surface area contributed by atoms with Gasteiger partial charge in [-0.2, -0.15) is 5.10 Å². The van der Waals surface area contributed by atoms with Gasteiger partial charge in [-0.3, -0.25) is 19.2 Å². The summed E-state index contributed by atoms with van der Waals surface area (Å²) in [4.78, 5) is 29.0. The van der Waals surface area contributed by atoms with Gasteiger partial charge in [-0.15, -0.1) is 0 Å². The fourth-order valence-electron chi connectivity index (χ4n) is 4.29. The van der Waals surface area contributed by atoms with E-state index < -0.39 is 5.54 Å². The molecule has 0 saturated carbocycles. The van der Waals surface area contributed by atoms with Crippen molar-refractivity contribution in [2.75, 3.05) is 4.90 Å². The number of aromatic nitrogens is 2. The normalized spacial score (nSPS) is 17.6. The molecule has 7 nitrogen and oxygen atoms in total. The van der Waals surface area contributed by atoms with Gasteiger partial charge in [0.25, 0.3) is 5.91 Å². The van der Waals surface area contributed by atoms with E-state index in [1.165, 1.54) is 0 Å². The Hall–Kier alpha value is -4.13. The summed E-state index contributed by atoms with van der Waals surface area (Å²) in [5.74, 6) is 0.0456. The number of hydrogen-bond acceptors (Lipinski definition) is 4. The van der Waals surface area contributed by atoms with E-state index in [2.05, 4.69) is 10.4 Å². The summed E-state index contributed by atoms with van der Waals surface area (Å²) in [6.07, 6.45) is 1.57. The Morgan fingerprint density at radius 2 is 1.85 bits per heavy atom. The maximum absolute atomic E-state index is 13.8. The molecule has 0 aliphatic carbocycles. The average molecular weight is 441 g/mol. The molecule has 4 aromatic rings. The van der Waals surface area contributed by atoms with Gasteiger partial charge in [-0.05, 0) is 43.2 Å². The first-order chi connectivity index (χ1) is 16.0. The first-order valence-corrected chi connectivity index (χ1v) is 10.8. The van der Waals surface area contributed by atoms with Crippen LogP contribution in [0.25, 0.3) is 11.5 Å². The van der Waals surface area contributed by atoms with Crippen molar-refractivity contribution < 1.29 is 14.0 Å². The highest BCUT2D eigenvalue weighted by Gasteiger charge is 2.49. The maximum Gasteiger partial charge on any atom is 0.277 e. The molecule has 3 heterocycles. The van der Waals surface area contributed by atoms with Crippen LogP contribution in [0.4, 0.5) is 5.69 Å². The van der Waals surface area contributed by atoms with Gasteiger partial charge in [0.1, 0.15) is 16.9 Å². The minimum absolute atomic E-state index is 0.212. The number of amides is 2. The molecular formula is C26H24N4O3. The first-order valence-electron chi connectivity index (χ1n) is 10.8. The Bertz CT molecular complexity index is 1310. The molecule has 2 aromatic carbocycles. The molecule has 0 saturated heterocycles. The zero-order valence-electron chi connectivity index (χ0n) is 18.5. The summed E-state index contributed by atoms with van der Waals surface area (Å²) in [7, 11) is 0. The lowest BCUT2D eigenvalue weighted by atomic mass is 9.93. The highest BCUT2D eigenvalue weighted by Crippen LogP contribution is 2.35. The van der Waals surface area contributed by atoms with Gasteiger partial charge in [0.05, 0.1) is 12.8 Å². The number of fused-ring (bicyclic) bond motifs is 1. The summed E-state index contributed by atoms with van der Waals surface area (Å²) in [6, 6.07) is 22.6. The number of para-hydroxylation sites is 1. The molecule has 0 radical (unpaired) electrons. The fraction of sp³-hybridized carbons (Fsp3) is 0.192. The second-order valence-corrected chi connectivity index (χ2v) is 8.42. The van der Waals surface area contributed by atoms with Gasteiger partial charge in [0, 0.05) is 18.3 Å². The largest absolute Gasteiger partial charge is 0.463 e. The quantitative estimate of drug-likeness (QED) is 0.505. The van der Waals surface area contributed by atoms with Crippen LogP contribution in [0.15, 0.2) is 83.5 Å². The number of carbonyl (C=O) groups excluding carboxylic acids is 2. The highest BCUT2D eigenvalue weighted by molar-refractivity contribution is 6.12. The third-order valence-corrected chi connectivity index (χ3v) is 6.07. The molecule has 1 N–H and O–H groups in total. The highest BCUT2D eigenvalue weighted by atomic mass is 16.3. The number of rotatable bonds is 5. The van der Waals surface area contributed by atoms with Crippen LogP contribution in [-0.2, 0) is 17.9 Å². The van der Waals surface area contributed by atoms with Crippen molar-refractivity contribution in [2.45, 2.75) is 32.5 Å². The van der Waals surface area contributed by atoms with Gasteiger partial charge in [-0.1, -0.05) is 48.5 Å². The Morgan fingerprint density at radius 3 is 2.58 bits per heavy atom. The van der Waals surface area contributed by atoms with E-state index in [-0.39, 0.29) is 18.4 Å². The summed E-state index contributed by atoms with van der Waals surface area (Å²) < 4.78 is 7.08. The minimum atomic E-state index is -1.18. The van der Waals surface area contributed by atoms with Gasteiger partial charge in [0.2, 0.25) is 5.91 Å². The predicted molar refractivity (Wildman–Crippen MR) is 125 cm³/mol. The Morgan fingerprint density at radius 1 is 1.09 bits per heavy atom. The van der Waals surface area contributed by atoms with Crippen LogP contribution in [-0.4, -0.2) is 27.1 Å². The Kier molecular flexibility index (Phi) is 5.09. The van der Waals surface area contributed by atoms with Crippen LogP contribution < -0.4 is 10.2 Å². The van der Waals surface area contributed by atoms with Crippen LogP contribution in [0.3, 0.4) is 0 Å². The first kappa shape index (κ1) is 20.8. The number of aryl methyl sites for hydroxylation is 1. The van der Waals surface area contributed by atoms with E-state index in [9.17, 15) is 9.59 Å². The second kappa shape index (κ2) is 8.09. The number of carbonyl (C=O) groups is 2. The van der Waals surface area contributed by atoms with E-state index in [0.717, 1.165) is 11.1 Å². The van der Waals surface area contributed by atoms with Crippen LogP contribution in [0.5, 0.6) is 0 Å². The standard InChI is InChI=1S/C26H24N4O3/c1-18-9-6-7-12-21(18)30-24(31)22-15-20(23-13-8-14-33-23)28-29(22)17-26(30,2)25(32)27-16-19-10-4-3-5-11-19/h3-15H,16-17H2,1-2H3,(H,27,32). The van der Waals surface area contributed by atoms with Crippen molar-refractivity contribution in [3.8, 4) is 11.5 Å². The monoisotopic (exact) mass is 440 g/mol. The molecule has 5 rings (SSSR count). The molecule has 2 amide bonds. The third kappa shape index (κ3) is 3.61. The van der Waals surface area contributed by atoms with Crippen molar-refractivity contribution in [1.29, 1.82) is 0 Å². The van der Waals surface area contributed by atoms with Crippen molar-refractivity contribution in [3.63, 3.8) is 0 Å². The van der Waals surface area contributed by atoms with E-state index >= 15 is 0 Å². The smallest absolute Gasteiger partial charge is 0.277 e. The number of nitrogens with one attached hydrogen (secondary N) is 1. The molecule has 33 heavy (non-hydrogen) atoms. The number of hydrogen-bond donors (Lipinski definition) is 1. The number of benzene rings is 2. The van der Waals surface area contributed by atoms with E-state index in [1.54, 1.807) is 41.0 Å². The number of furan rings is 1. The molecule has 1 unspecified atom stereocenters. The van der Waals surface area contributed by atoms with Crippen molar-refractivity contribution in [2.24, 2.45) is 0 Å². The predicted octanol–water partition coefficient (Wildman–Crippen LogP) is 4.19. The van der Waals surface area contributed by atoms with Gasteiger partial charge >= 0.3 is 0 Å². The number of nitrogens with zero attached hydrogens (tertiary/aromatic N) is 3. The molecule has 7 heteroatoms. The van der Waals surface area contributed by atoms with Crippen molar-refractivity contribution in [3.05, 3.63) is 95.9 Å². The fourth-order valence-corrected chi connectivity index (χ4v) is 4.29. The minimum Gasteiger partial charge on any atom is -0.463 e. The van der Waals surface area contributed by atoms with Crippen LogP contribution in [0.2, 0.25) is 0 Å². The van der Waals surface area contributed by atoms with E-state index in [1.807, 2.05) is 61.5 Å². The average Bonchev–Trinajstić information content (AvgIpc) is 3.49. The van der Waals surface area contributed by atoms with Crippen molar-refractivity contribution >= 4 is 17.5 Å². The molecule has 0 bridgehead atoms. The summed E-state index contributed by atoms with van der Waals surface area (Å²) >= 11 is 0. The molecule has 1 atom stereocenters. The SMILES string of the molecule is Cc1ccccc1N1C(=O)c2cc(-c3ccco3)nn2CC1(C)C(=O)NCc1ccccc1. The van der Waals surface area contributed by atoms with E-state index in [0.29, 0.717) is 29.4 Å². The topological polar surface area (TPSA) is 80.4 Å². The number of anilines is 1. The molecule has 1 aliphatic heterocycles. The molecule has 0 fully saturated rings. The lowest BCUT2D eigenvalue weighted by molar-refractivity contribution is -0.126. The van der Waals surface area contributed by atoms with E-state index in [4.69, 9.17) is 4.42 Å². The molecular weight excluding hydrogens is 416 g/mol. The van der Waals surface area contributed by atoms with Crippen LogP contribution in [0.1, 0.15) is 28.5 Å². The second-order valence-electron chi connectivity index (χ2n) is 8.42. The van der Waals surface area contributed by atoms with Crippen LogP contribution >= 0.6 is 0 Å². The summed E-state index contributed by atoms with van der Waals surface area (Å²) in [5.41, 5.74) is 2.38. The molecule has 166 valence electrons. The summed E-state index contributed by atoms with van der Waals surface area (Å²) in [5, 5.41) is 7.61. The Balaban J connectivity index is 1.56. The van der Waals surface area contributed by atoms with Gasteiger partial charge < -0.3 is 9.73 Å². The molecule has 0 spiro atoms. The maximum atomic E-state index is 13.8. The zero-order chi connectivity index (χ0) is 23.0. The van der Waals surface area contributed by atoms with Crippen LogP contribution in [0, 0.1) is 6.92 Å². The molecule has 2 aromatic heterocycles. The third-order valence-electron chi connectivity index (χ3n) is 6.07. The molecule has 1 aliphatic rings. The van der Waals surface area contributed by atoms with Gasteiger partial charge in [0.15, 0.2) is 5.76 Å². The zero-order valence-corrected chi connectivity index (χ0v) is 18.5. The lowest BCUT2D eigenvalue weighted by Gasteiger charge is -2.43. The lowest BCUT2D eigenvalue weighted by Crippen LogP contribution is -2.64. The van der Waals surface area contributed by atoms with Gasteiger partial charge in [-0.25, -0.2) is 0 Å². The van der Waals surface area contributed by atoms with Crippen molar-refractivity contribution in [1.82, 2.24) is 15.1 Å². The Labute approximate surface area is 191 Å². The summed E-state index contributed by atoms with van der Waals surface area (Å²) in [6.45, 7) is 4.30.